The molecule has 0 fully saturated rings. The summed E-state index contributed by atoms with van der Waals surface area (Å²) in [5.74, 6) is -0.300. The summed E-state index contributed by atoms with van der Waals surface area (Å²) in [6.45, 7) is 0.162. The number of fused-ring (bicyclic) bond motifs is 1. The summed E-state index contributed by atoms with van der Waals surface area (Å²) in [4.78, 5) is -0.249. The Morgan fingerprint density at radius 2 is 1.69 bits per heavy atom. The third kappa shape index (κ3) is 6.19. The lowest BCUT2D eigenvalue weighted by Crippen LogP contribution is -2.32. The third-order valence-corrected chi connectivity index (χ3v) is 5.51. The van der Waals surface area contributed by atoms with Crippen molar-refractivity contribution >= 4 is 43.7 Å². The molecule has 0 N–H and O–H groups in total. The highest BCUT2D eigenvalue weighted by Gasteiger charge is 2.31. The highest BCUT2D eigenvalue weighted by atomic mass is 79.9. The Labute approximate surface area is 176 Å². The van der Waals surface area contributed by atoms with Crippen molar-refractivity contribution in [3.05, 3.63) is 72.3 Å². The Kier molecular flexibility index (Phi) is 6.81. The van der Waals surface area contributed by atoms with Crippen molar-refractivity contribution in [2.45, 2.75) is 17.6 Å². The molecule has 2 atom stereocenters. The van der Waals surface area contributed by atoms with E-state index >= 15 is 0 Å². The van der Waals surface area contributed by atoms with Gasteiger partial charge in [-0.05, 0) is 47.0 Å². The molecule has 3 rings (SSSR count). The molecule has 0 radical (unpaired) electrons. The molecule has 29 heavy (non-hydrogen) atoms. The Balaban J connectivity index is 1.69. The molecule has 2 unspecified atom stereocenters. The molecule has 3 aromatic rings. The summed E-state index contributed by atoms with van der Waals surface area (Å²) in [6.07, 6.45) is -4.31. The van der Waals surface area contributed by atoms with Crippen LogP contribution in [0.3, 0.4) is 0 Å². The van der Waals surface area contributed by atoms with E-state index in [9.17, 15) is 21.9 Å². The third-order valence-electron chi connectivity index (χ3n) is 4.18. The van der Waals surface area contributed by atoms with Crippen molar-refractivity contribution < 1.29 is 26.7 Å². The van der Waals surface area contributed by atoms with Gasteiger partial charge in [0.25, 0.3) is 0 Å². The quantitative estimate of drug-likeness (QED) is 0.334. The average molecular weight is 487 g/mol. The zero-order valence-corrected chi connectivity index (χ0v) is 17.3. The van der Waals surface area contributed by atoms with Crippen molar-refractivity contribution in [2.24, 2.45) is 0 Å². The number of anilines is 1. The van der Waals surface area contributed by atoms with Gasteiger partial charge < -0.3 is 13.6 Å². The van der Waals surface area contributed by atoms with Crippen molar-refractivity contribution in [1.82, 2.24) is 0 Å². The maximum absolute atomic E-state index is 12.2. The molecule has 4 nitrogen and oxygen atoms in total. The van der Waals surface area contributed by atoms with Crippen LogP contribution in [0.25, 0.3) is 10.8 Å². The lowest BCUT2D eigenvalue weighted by molar-refractivity contribution is -0.274. The van der Waals surface area contributed by atoms with Gasteiger partial charge in [-0.15, -0.1) is 13.2 Å². The molecule has 0 aliphatic rings. The van der Waals surface area contributed by atoms with Gasteiger partial charge in [0.05, 0.1) is 0 Å². The molecule has 0 saturated carbocycles. The fraction of sp³-hybridized carbons (Fsp3) is 0.200. The SMILES string of the molecule is O=S([O-])N(CC(Br)Cc1ccc(OC(F)(F)F)cc1)c1ccc2ccccc2c1. The number of hydrogen-bond acceptors (Lipinski definition) is 3. The lowest BCUT2D eigenvalue weighted by atomic mass is 10.1. The van der Waals surface area contributed by atoms with E-state index in [-0.39, 0.29) is 17.1 Å². The Morgan fingerprint density at radius 3 is 2.31 bits per heavy atom. The minimum Gasteiger partial charge on any atom is -0.755 e. The fourth-order valence-electron chi connectivity index (χ4n) is 2.91. The van der Waals surface area contributed by atoms with Crippen molar-refractivity contribution in [3.63, 3.8) is 0 Å². The molecule has 0 bridgehead atoms. The average Bonchev–Trinajstić information content (AvgIpc) is 2.66. The van der Waals surface area contributed by atoms with Gasteiger partial charge in [-0.3, -0.25) is 4.21 Å². The first-order valence-electron chi connectivity index (χ1n) is 8.56. The molecular formula is C20H16BrF3NO3S-. The molecule has 0 aromatic heterocycles. The molecule has 0 saturated heterocycles. The van der Waals surface area contributed by atoms with Gasteiger partial charge in [-0.1, -0.05) is 58.4 Å². The van der Waals surface area contributed by atoms with E-state index in [2.05, 4.69) is 20.7 Å². The lowest BCUT2D eigenvalue weighted by Gasteiger charge is -2.29. The van der Waals surface area contributed by atoms with Crippen LogP contribution in [0.5, 0.6) is 5.75 Å². The second-order valence-corrected chi connectivity index (χ2v) is 8.47. The molecule has 154 valence electrons. The van der Waals surface area contributed by atoms with E-state index in [1.807, 2.05) is 30.3 Å². The fourth-order valence-corrected chi connectivity index (χ4v) is 4.35. The van der Waals surface area contributed by atoms with Gasteiger partial charge in [0, 0.05) is 28.3 Å². The van der Waals surface area contributed by atoms with Gasteiger partial charge in [0.1, 0.15) is 5.75 Å². The maximum Gasteiger partial charge on any atom is 0.573 e. The van der Waals surface area contributed by atoms with Crippen molar-refractivity contribution in [3.8, 4) is 5.75 Å². The van der Waals surface area contributed by atoms with E-state index in [4.69, 9.17) is 0 Å². The molecule has 0 aliphatic heterocycles. The molecule has 0 aliphatic carbocycles. The maximum atomic E-state index is 12.2. The predicted molar refractivity (Wildman–Crippen MR) is 110 cm³/mol. The van der Waals surface area contributed by atoms with Gasteiger partial charge in [0.2, 0.25) is 0 Å². The van der Waals surface area contributed by atoms with Crippen LogP contribution in [0, 0.1) is 0 Å². The van der Waals surface area contributed by atoms with Crippen LogP contribution >= 0.6 is 15.9 Å². The van der Waals surface area contributed by atoms with Crippen LogP contribution in [0.2, 0.25) is 0 Å². The minimum atomic E-state index is -4.74. The number of ether oxygens (including phenoxy) is 1. The van der Waals surface area contributed by atoms with Crippen LogP contribution in [0.15, 0.2) is 66.7 Å². The van der Waals surface area contributed by atoms with E-state index in [1.54, 1.807) is 12.1 Å². The first-order valence-corrected chi connectivity index (χ1v) is 10.5. The topological polar surface area (TPSA) is 52.6 Å². The minimum absolute atomic E-state index is 0.162. The second kappa shape index (κ2) is 9.15. The number of alkyl halides is 4. The molecule has 0 amide bonds. The van der Waals surface area contributed by atoms with Crippen LogP contribution in [-0.4, -0.2) is 26.5 Å². The zero-order valence-electron chi connectivity index (χ0n) is 14.9. The normalized spacial score (nSPS) is 13.8. The van der Waals surface area contributed by atoms with Gasteiger partial charge in [-0.25, -0.2) is 0 Å². The van der Waals surface area contributed by atoms with Gasteiger partial charge in [0.15, 0.2) is 0 Å². The van der Waals surface area contributed by atoms with Crippen molar-refractivity contribution in [2.75, 3.05) is 10.8 Å². The van der Waals surface area contributed by atoms with Gasteiger partial charge in [-0.2, -0.15) is 0 Å². The smallest absolute Gasteiger partial charge is 0.573 e. The molecule has 3 aromatic carbocycles. The first kappa shape index (κ1) is 21.6. The number of nitrogens with zero attached hydrogens (tertiary/aromatic N) is 1. The van der Waals surface area contributed by atoms with E-state index in [1.165, 1.54) is 28.6 Å². The number of hydrogen-bond donors (Lipinski definition) is 0. The molecule has 0 spiro atoms. The number of halogens is 4. The Morgan fingerprint density at radius 1 is 1.03 bits per heavy atom. The highest BCUT2D eigenvalue weighted by molar-refractivity contribution is 9.09. The van der Waals surface area contributed by atoms with E-state index < -0.39 is 17.6 Å². The summed E-state index contributed by atoms with van der Waals surface area (Å²) < 4.78 is 65.4. The summed E-state index contributed by atoms with van der Waals surface area (Å²) in [6, 6.07) is 18.5. The van der Waals surface area contributed by atoms with Crippen LogP contribution in [0.4, 0.5) is 18.9 Å². The summed E-state index contributed by atoms with van der Waals surface area (Å²) in [7, 11) is 0. The van der Waals surface area contributed by atoms with Crippen LogP contribution < -0.4 is 9.04 Å². The standard InChI is InChI=1S/C20H17BrF3NO3S/c21-17(11-14-5-9-19(10-6-14)28-20(22,23)24)13-25(29(26)27)18-8-7-15-3-1-2-4-16(15)12-18/h1-10,12,17H,11,13H2,(H,26,27)/p-1. The van der Waals surface area contributed by atoms with E-state index in [0.29, 0.717) is 12.1 Å². The largest absolute Gasteiger partial charge is 0.755 e. The number of rotatable bonds is 7. The van der Waals surface area contributed by atoms with E-state index in [0.717, 1.165) is 16.3 Å². The predicted octanol–water partition coefficient (Wildman–Crippen LogP) is 5.35. The van der Waals surface area contributed by atoms with Crippen LogP contribution in [0.1, 0.15) is 5.56 Å². The summed E-state index contributed by atoms with van der Waals surface area (Å²) in [5.41, 5.74) is 1.28. The summed E-state index contributed by atoms with van der Waals surface area (Å²) >= 11 is 0.989. The van der Waals surface area contributed by atoms with Crippen molar-refractivity contribution in [1.29, 1.82) is 0 Å². The Bertz CT molecular complexity index is 998. The Hall–Kier alpha value is -2.10. The molecular weight excluding hydrogens is 471 g/mol. The zero-order chi connectivity index (χ0) is 21.0. The van der Waals surface area contributed by atoms with Crippen LogP contribution in [-0.2, 0) is 17.7 Å². The molecule has 9 heteroatoms. The summed E-state index contributed by atoms with van der Waals surface area (Å²) in [5, 5.41) is 1.93. The van der Waals surface area contributed by atoms with Gasteiger partial charge >= 0.3 is 6.36 Å². The monoisotopic (exact) mass is 486 g/mol. The highest BCUT2D eigenvalue weighted by Crippen LogP contribution is 2.26. The number of benzene rings is 3. The second-order valence-electron chi connectivity index (χ2n) is 6.30. The molecule has 0 heterocycles. The first-order chi connectivity index (χ1) is 13.7.